The second-order valence-corrected chi connectivity index (χ2v) is 8.45. The molecule has 0 aromatic carbocycles. The zero-order valence-electron chi connectivity index (χ0n) is 16.9. The van der Waals surface area contributed by atoms with E-state index >= 15 is 0 Å². The normalized spacial score (nSPS) is 25.1. The van der Waals surface area contributed by atoms with E-state index in [1.54, 1.807) is 7.11 Å². The number of hydrogen-bond acceptors (Lipinski definition) is 7. The van der Waals surface area contributed by atoms with Crippen LogP contribution in [0, 0.1) is 5.92 Å². The van der Waals surface area contributed by atoms with Gasteiger partial charge in [0, 0.05) is 45.2 Å². The second kappa shape index (κ2) is 9.33. The number of piperidine rings is 2. The summed E-state index contributed by atoms with van der Waals surface area (Å²) < 4.78 is 10.4. The van der Waals surface area contributed by atoms with Crippen molar-refractivity contribution in [1.29, 1.82) is 0 Å². The van der Waals surface area contributed by atoms with Gasteiger partial charge in [0.1, 0.15) is 0 Å². The molecule has 1 atom stereocenters. The molecule has 2 aliphatic heterocycles. The minimum Gasteiger partial charge on any atom is -0.383 e. The van der Waals surface area contributed by atoms with E-state index in [0.29, 0.717) is 25.1 Å². The fraction of sp³-hybridized carbons (Fsp3) is 0.850. The Balaban J connectivity index is 1.21. The number of methoxy groups -OCH3 is 1. The molecule has 8 nitrogen and oxygen atoms in total. The van der Waals surface area contributed by atoms with Gasteiger partial charge in [-0.05, 0) is 45.1 Å². The molecule has 1 aromatic rings. The van der Waals surface area contributed by atoms with Crippen LogP contribution in [0.5, 0.6) is 0 Å². The highest BCUT2D eigenvalue weighted by molar-refractivity contribution is 5.78. The average Bonchev–Trinajstić information content (AvgIpc) is 3.48. The summed E-state index contributed by atoms with van der Waals surface area (Å²) in [4.78, 5) is 21.9. The maximum absolute atomic E-state index is 12.4. The molecule has 1 aromatic heterocycles. The van der Waals surface area contributed by atoms with Gasteiger partial charge in [-0.1, -0.05) is 5.16 Å². The number of likely N-dealkylation sites (tertiary alicyclic amines) is 2. The average molecular weight is 392 g/mol. The zero-order valence-corrected chi connectivity index (χ0v) is 16.9. The van der Waals surface area contributed by atoms with E-state index in [1.165, 1.54) is 12.8 Å². The number of rotatable bonds is 8. The van der Waals surface area contributed by atoms with Crippen molar-refractivity contribution in [3.05, 3.63) is 11.7 Å². The van der Waals surface area contributed by atoms with Crippen molar-refractivity contribution < 1.29 is 14.1 Å². The Labute approximate surface area is 167 Å². The maximum atomic E-state index is 12.4. The topological polar surface area (TPSA) is 83.7 Å². The van der Waals surface area contributed by atoms with Crippen LogP contribution in [0.2, 0.25) is 0 Å². The summed E-state index contributed by atoms with van der Waals surface area (Å²) >= 11 is 0. The number of nitrogens with zero attached hydrogens (tertiary/aromatic N) is 4. The number of carbonyl (C=O) groups is 1. The summed E-state index contributed by atoms with van der Waals surface area (Å²) in [6, 6.07) is 0.582. The van der Waals surface area contributed by atoms with Gasteiger partial charge in [0.2, 0.25) is 11.8 Å². The van der Waals surface area contributed by atoms with E-state index in [1.807, 2.05) is 0 Å². The highest BCUT2D eigenvalue weighted by Gasteiger charge is 2.32. The first-order valence-electron chi connectivity index (χ1n) is 10.8. The molecule has 28 heavy (non-hydrogen) atoms. The number of ether oxygens (including phenoxy) is 1. The Morgan fingerprint density at radius 2 is 2.04 bits per heavy atom. The van der Waals surface area contributed by atoms with Crippen LogP contribution in [0.1, 0.15) is 56.2 Å². The lowest BCUT2D eigenvalue weighted by molar-refractivity contribution is -0.127. The van der Waals surface area contributed by atoms with Gasteiger partial charge in [0.25, 0.3) is 0 Å². The molecule has 8 heteroatoms. The van der Waals surface area contributed by atoms with E-state index in [9.17, 15) is 4.79 Å². The van der Waals surface area contributed by atoms with Crippen LogP contribution < -0.4 is 5.32 Å². The molecule has 1 saturated carbocycles. The number of amides is 1. The first kappa shape index (κ1) is 19.8. The SMILES string of the molecule is COCCNC(=O)[C@@H]1CCCN(C2CCN(Cc3noc(C4CC4)n3)CC2)C1. The summed E-state index contributed by atoms with van der Waals surface area (Å²) in [5, 5.41) is 7.15. The number of carbonyl (C=O) groups excluding carboxylic acids is 1. The molecule has 3 aliphatic rings. The van der Waals surface area contributed by atoms with Crippen molar-refractivity contribution in [2.24, 2.45) is 5.92 Å². The van der Waals surface area contributed by atoms with E-state index < -0.39 is 0 Å². The first-order valence-corrected chi connectivity index (χ1v) is 10.8. The molecular formula is C20H33N5O3. The molecule has 4 rings (SSSR count). The summed E-state index contributed by atoms with van der Waals surface area (Å²) in [5.74, 6) is 2.47. The summed E-state index contributed by atoms with van der Waals surface area (Å²) in [6.07, 6.45) is 6.77. The molecular weight excluding hydrogens is 358 g/mol. The molecule has 3 heterocycles. The smallest absolute Gasteiger partial charge is 0.229 e. The largest absolute Gasteiger partial charge is 0.383 e. The van der Waals surface area contributed by atoms with Gasteiger partial charge in [0.15, 0.2) is 5.82 Å². The number of aromatic nitrogens is 2. The van der Waals surface area contributed by atoms with Gasteiger partial charge in [-0.3, -0.25) is 14.6 Å². The number of hydrogen-bond donors (Lipinski definition) is 1. The highest BCUT2D eigenvalue weighted by Crippen LogP contribution is 2.38. The molecule has 0 radical (unpaired) electrons. The van der Waals surface area contributed by atoms with E-state index in [-0.39, 0.29) is 11.8 Å². The molecule has 3 fully saturated rings. The Kier molecular flexibility index (Phi) is 6.59. The second-order valence-electron chi connectivity index (χ2n) is 8.45. The summed E-state index contributed by atoms with van der Waals surface area (Å²) in [6.45, 7) is 6.07. The molecule has 1 amide bonds. The van der Waals surface area contributed by atoms with Crippen molar-refractivity contribution in [3.8, 4) is 0 Å². The molecule has 0 spiro atoms. The van der Waals surface area contributed by atoms with Gasteiger partial charge in [-0.15, -0.1) is 0 Å². The Bertz CT molecular complexity index is 640. The molecule has 1 aliphatic carbocycles. The third-order valence-electron chi connectivity index (χ3n) is 6.28. The zero-order chi connectivity index (χ0) is 19.3. The third kappa shape index (κ3) is 5.10. The van der Waals surface area contributed by atoms with Crippen LogP contribution in [0.25, 0.3) is 0 Å². The van der Waals surface area contributed by atoms with Crippen LogP contribution >= 0.6 is 0 Å². The van der Waals surface area contributed by atoms with Crippen LogP contribution in [0.15, 0.2) is 4.52 Å². The quantitative estimate of drug-likeness (QED) is 0.670. The minimum atomic E-state index is 0.115. The van der Waals surface area contributed by atoms with Crippen molar-refractivity contribution in [2.75, 3.05) is 46.4 Å². The van der Waals surface area contributed by atoms with Gasteiger partial charge in [0.05, 0.1) is 19.1 Å². The summed E-state index contributed by atoms with van der Waals surface area (Å²) in [7, 11) is 1.66. The summed E-state index contributed by atoms with van der Waals surface area (Å²) in [5.41, 5.74) is 0. The van der Waals surface area contributed by atoms with Crippen LogP contribution in [0.4, 0.5) is 0 Å². The van der Waals surface area contributed by atoms with Gasteiger partial charge >= 0.3 is 0 Å². The van der Waals surface area contributed by atoms with Gasteiger partial charge in [-0.2, -0.15) is 4.98 Å². The Morgan fingerprint density at radius 1 is 1.21 bits per heavy atom. The van der Waals surface area contributed by atoms with Crippen LogP contribution in [-0.4, -0.2) is 78.3 Å². The van der Waals surface area contributed by atoms with Crippen molar-refractivity contribution >= 4 is 5.91 Å². The lowest BCUT2D eigenvalue weighted by Gasteiger charge is -2.41. The predicted octanol–water partition coefficient (Wildman–Crippen LogP) is 1.39. The molecule has 2 saturated heterocycles. The van der Waals surface area contributed by atoms with Crippen LogP contribution in [-0.2, 0) is 16.1 Å². The van der Waals surface area contributed by atoms with Crippen LogP contribution in [0.3, 0.4) is 0 Å². The Hall–Kier alpha value is -1.51. The standard InChI is InChI=1S/C20H33N5O3/c1-27-12-8-21-19(26)16-3-2-9-25(13-16)17-6-10-24(11-7-17)14-18-22-20(28-23-18)15-4-5-15/h15-17H,2-14H2,1H3,(H,21,26)/t16-/m1/s1. The molecule has 0 bridgehead atoms. The monoisotopic (exact) mass is 391 g/mol. The lowest BCUT2D eigenvalue weighted by atomic mass is 9.93. The molecule has 1 N–H and O–H groups in total. The van der Waals surface area contributed by atoms with E-state index in [4.69, 9.17) is 9.26 Å². The molecule has 156 valence electrons. The van der Waals surface area contributed by atoms with E-state index in [0.717, 1.165) is 70.1 Å². The fourth-order valence-electron chi connectivity index (χ4n) is 4.44. The number of nitrogens with one attached hydrogen (secondary N) is 1. The third-order valence-corrected chi connectivity index (χ3v) is 6.28. The van der Waals surface area contributed by atoms with Gasteiger partial charge < -0.3 is 14.6 Å². The van der Waals surface area contributed by atoms with Crippen molar-refractivity contribution in [3.63, 3.8) is 0 Å². The van der Waals surface area contributed by atoms with Crippen molar-refractivity contribution in [1.82, 2.24) is 25.3 Å². The van der Waals surface area contributed by atoms with Crippen molar-refractivity contribution in [2.45, 2.75) is 57.0 Å². The lowest BCUT2D eigenvalue weighted by Crippen LogP contribution is -2.50. The minimum absolute atomic E-state index is 0.115. The predicted molar refractivity (Wildman–Crippen MR) is 104 cm³/mol. The maximum Gasteiger partial charge on any atom is 0.229 e. The fourth-order valence-corrected chi connectivity index (χ4v) is 4.44. The first-order chi connectivity index (χ1) is 13.7. The van der Waals surface area contributed by atoms with Gasteiger partial charge in [-0.25, -0.2) is 0 Å². The highest BCUT2D eigenvalue weighted by atomic mass is 16.5. The Morgan fingerprint density at radius 3 is 2.79 bits per heavy atom. The van der Waals surface area contributed by atoms with E-state index in [2.05, 4.69) is 25.3 Å². The molecule has 0 unspecified atom stereocenters.